The van der Waals surface area contributed by atoms with E-state index < -0.39 is 0 Å². The number of hydrogen-bond donors (Lipinski definition) is 1. The number of hydrogen-bond acceptors (Lipinski definition) is 6. The van der Waals surface area contributed by atoms with E-state index in [0.717, 1.165) is 39.5 Å². The van der Waals surface area contributed by atoms with E-state index in [0.29, 0.717) is 16.1 Å². The smallest absolute Gasteiger partial charge is 0.227 e. The van der Waals surface area contributed by atoms with Crippen molar-refractivity contribution in [3.8, 4) is 11.5 Å². The third-order valence-electron chi connectivity index (χ3n) is 6.13. The van der Waals surface area contributed by atoms with E-state index >= 15 is 0 Å². The summed E-state index contributed by atoms with van der Waals surface area (Å²) in [4.78, 5) is 4.74. The van der Waals surface area contributed by atoms with Gasteiger partial charge in [0.25, 0.3) is 0 Å². The van der Waals surface area contributed by atoms with E-state index in [1.807, 2.05) is 65.5 Å². The molecular weight excluding hydrogens is 468 g/mol. The maximum absolute atomic E-state index is 6.64. The van der Waals surface area contributed by atoms with Crippen LogP contribution in [-0.2, 0) is 0 Å². The number of nitrogens with zero attached hydrogens (tertiary/aromatic N) is 3. The van der Waals surface area contributed by atoms with E-state index in [4.69, 9.17) is 31.2 Å². The summed E-state index contributed by atoms with van der Waals surface area (Å²) < 4.78 is 14.0. The lowest BCUT2D eigenvalue weighted by Crippen LogP contribution is -2.32. The summed E-state index contributed by atoms with van der Waals surface area (Å²) in [6.07, 6.45) is 1.61. The fourth-order valence-corrected chi connectivity index (χ4v) is 5.14. The van der Waals surface area contributed by atoms with Crippen molar-refractivity contribution in [1.82, 2.24) is 14.8 Å². The average molecular weight is 489 g/mol. The Balaban J connectivity index is 1.62. The molecule has 2 aliphatic rings. The number of fused-ring (bicyclic) bond motifs is 3. The first-order chi connectivity index (χ1) is 16.7. The van der Waals surface area contributed by atoms with Gasteiger partial charge in [-0.05, 0) is 53.8 Å². The van der Waals surface area contributed by atoms with Crippen LogP contribution in [0, 0.1) is 0 Å². The molecule has 6 rings (SSSR count). The monoisotopic (exact) mass is 488 g/mol. The largest absolute Gasteiger partial charge is 0.497 e. The molecule has 0 amide bonds. The molecule has 3 aromatic carbocycles. The molecule has 0 saturated carbocycles. The Morgan fingerprint density at radius 2 is 1.85 bits per heavy atom. The molecule has 0 spiro atoms. The first-order valence-electron chi connectivity index (χ1n) is 10.8. The van der Waals surface area contributed by atoms with Gasteiger partial charge >= 0.3 is 0 Å². The Bertz CT molecular complexity index is 1420. The zero-order valence-electron chi connectivity index (χ0n) is 18.5. The molecule has 1 aromatic heterocycles. The lowest BCUT2D eigenvalue weighted by atomic mass is 9.84. The molecule has 0 aliphatic carbocycles. The number of rotatable bonds is 4. The minimum atomic E-state index is -0.363. The number of methoxy groups -OCH3 is 1. The van der Waals surface area contributed by atoms with Gasteiger partial charge in [-0.1, -0.05) is 59.8 Å². The molecule has 2 aliphatic heterocycles. The van der Waals surface area contributed by atoms with Crippen molar-refractivity contribution < 1.29 is 9.47 Å². The van der Waals surface area contributed by atoms with Crippen LogP contribution in [0.15, 0.2) is 83.5 Å². The summed E-state index contributed by atoms with van der Waals surface area (Å²) in [5, 5.41) is 9.75. The molecule has 0 saturated heterocycles. The van der Waals surface area contributed by atoms with E-state index in [1.54, 1.807) is 7.11 Å². The van der Waals surface area contributed by atoms with Crippen LogP contribution in [0.5, 0.6) is 11.5 Å². The highest BCUT2D eigenvalue weighted by Crippen LogP contribution is 2.51. The number of benzene rings is 3. The van der Waals surface area contributed by atoms with Gasteiger partial charge in [0.1, 0.15) is 23.6 Å². The van der Waals surface area contributed by atoms with Gasteiger partial charge in [-0.25, -0.2) is 4.68 Å². The van der Waals surface area contributed by atoms with Gasteiger partial charge in [-0.3, -0.25) is 0 Å². The van der Waals surface area contributed by atoms with Crippen LogP contribution in [0.2, 0.25) is 5.02 Å². The van der Waals surface area contributed by atoms with Gasteiger partial charge in [-0.2, -0.15) is 4.98 Å². The van der Waals surface area contributed by atoms with E-state index in [2.05, 4.69) is 23.5 Å². The second-order valence-corrected chi connectivity index (χ2v) is 9.26. The van der Waals surface area contributed by atoms with Gasteiger partial charge in [0, 0.05) is 16.2 Å². The molecule has 3 heterocycles. The number of ether oxygens (including phenoxy) is 2. The van der Waals surface area contributed by atoms with Gasteiger partial charge < -0.3 is 14.8 Å². The molecule has 6 nitrogen and oxygen atoms in total. The molecule has 1 N–H and O–H groups in total. The summed E-state index contributed by atoms with van der Waals surface area (Å²) >= 11 is 7.91. The normalized spacial score (nSPS) is 18.3. The van der Waals surface area contributed by atoms with Crippen molar-refractivity contribution in [2.75, 3.05) is 18.7 Å². The molecule has 170 valence electrons. The number of anilines is 1. The summed E-state index contributed by atoms with van der Waals surface area (Å²) in [5.74, 6) is 2.31. The second kappa shape index (κ2) is 8.42. The zero-order valence-corrected chi connectivity index (χ0v) is 20.1. The fourth-order valence-electron chi connectivity index (χ4n) is 4.60. The third kappa shape index (κ3) is 3.43. The molecule has 4 aromatic rings. The molecule has 0 unspecified atom stereocenters. The summed E-state index contributed by atoms with van der Waals surface area (Å²) in [7, 11) is 1.67. The number of halogens is 1. The number of thioether (sulfide) groups is 1. The SMILES string of the molecule is COc1ccc([C@@H]2C3=C(Nc4nc(SC)nn42)c2ccccc2O[C@H]3c2cccc(Cl)c2)cc1. The summed E-state index contributed by atoms with van der Waals surface area (Å²) in [6.45, 7) is 0. The summed E-state index contributed by atoms with van der Waals surface area (Å²) in [5.41, 5.74) is 5.07. The molecule has 0 radical (unpaired) electrons. The van der Waals surface area contributed by atoms with Crippen LogP contribution < -0.4 is 14.8 Å². The Morgan fingerprint density at radius 1 is 1.03 bits per heavy atom. The maximum Gasteiger partial charge on any atom is 0.227 e. The Kier molecular flexibility index (Phi) is 5.23. The van der Waals surface area contributed by atoms with Crippen molar-refractivity contribution in [2.45, 2.75) is 17.3 Å². The standard InChI is InChI=1S/C26H21ClN4O2S/c1-32-18-12-10-15(11-13-18)23-21-22(28-25-29-26(34-2)30-31(23)25)19-8-3-4-9-20(19)33-24(21)16-6-5-7-17(27)14-16/h3-14,23-24H,1-2H3,(H,28,29,30)/t23-,24+/m1/s1. The highest BCUT2D eigenvalue weighted by Gasteiger charge is 2.41. The minimum Gasteiger partial charge on any atom is -0.497 e. The predicted molar refractivity (Wildman–Crippen MR) is 135 cm³/mol. The minimum absolute atomic E-state index is 0.233. The first-order valence-corrected chi connectivity index (χ1v) is 12.4. The van der Waals surface area contributed by atoms with Crippen LogP contribution in [0.3, 0.4) is 0 Å². The van der Waals surface area contributed by atoms with Crippen molar-refractivity contribution in [3.05, 3.63) is 100 Å². The van der Waals surface area contributed by atoms with Crippen molar-refractivity contribution >= 4 is 35.0 Å². The Morgan fingerprint density at radius 3 is 2.62 bits per heavy atom. The quantitative estimate of drug-likeness (QED) is 0.344. The highest BCUT2D eigenvalue weighted by molar-refractivity contribution is 7.98. The van der Waals surface area contributed by atoms with Crippen LogP contribution in [0.25, 0.3) is 5.70 Å². The van der Waals surface area contributed by atoms with Crippen LogP contribution in [-0.4, -0.2) is 28.1 Å². The average Bonchev–Trinajstić information content (AvgIpc) is 3.30. The number of para-hydroxylation sites is 1. The van der Waals surface area contributed by atoms with Crippen LogP contribution >= 0.6 is 23.4 Å². The fraction of sp³-hybridized carbons (Fsp3) is 0.154. The zero-order chi connectivity index (χ0) is 23.2. The van der Waals surface area contributed by atoms with E-state index in [1.165, 1.54) is 11.8 Å². The first kappa shape index (κ1) is 21.1. The predicted octanol–water partition coefficient (Wildman–Crippen LogP) is 6.22. The van der Waals surface area contributed by atoms with Gasteiger partial charge in [0.05, 0.1) is 12.8 Å². The third-order valence-corrected chi connectivity index (χ3v) is 6.90. The molecule has 2 atom stereocenters. The molecule has 8 heteroatoms. The van der Waals surface area contributed by atoms with Crippen LogP contribution in [0.1, 0.15) is 28.8 Å². The molecule has 0 bridgehead atoms. The highest BCUT2D eigenvalue weighted by atomic mass is 35.5. The van der Waals surface area contributed by atoms with Crippen LogP contribution in [0.4, 0.5) is 5.95 Å². The van der Waals surface area contributed by atoms with Crippen molar-refractivity contribution in [3.63, 3.8) is 0 Å². The topological polar surface area (TPSA) is 61.2 Å². The van der Waals surface area contributed by atoms with E-state index in [-0.39, 0.29) is 12.1 Å². The molecule has 34 heavy (non-hydrogen) atoms. The molecule has 0 fully saturated rings. The number of nitrogens with one attached hydrogen (secondary N) is 1. The van der Waals surface area contributed by atoms with Gasteiger partial charge in [0.15, 0.2) is 0 Å². The lowest BCUT2D eigenvalue weighted by molar-refractivity contribution is 0.223. The van der Waals surface area contributed by atoms with Crippen molar-refractivity contribution in [1.29, 1.82) is 0 Å². The van der Waals surface area contributed by atoms with E-state index in [9.17, 15) is 0 Å². The second-order valence-electron chi connectivity index (χ2n) is 8.05. The summed E-state index contributed by atoms with van der Waals surface area (Å²) in [6, 6.07) is 23.7. The maximum atomic E-state index is 6.64. The van der Waals surface area contributed by atoms with Gasteiger partial charge in [0.2, 0.25) is 11.1 Å². The molecular formula is C26H21ClN4O2S. The Hall–Kier alpha value is -3.42. The Labute approximate surface area is 206 Å². The number of aromatic nitrogens is 3. The van der Waals surface area contributed by atoms with Gasteiger partial charge in [-0.15, -0.1) is 5.10 Å². The van der Waals surface area contributed by atoms with Crippen molar-refractivity contribution in [2.24, 2.45) is 0 Å². The lowest BCUT2D eigenvalue weighted by Gasteiger charge is -2.39.